The second-order valence-electron chi connectivity index (χ2n) is 15.2. The predicted molar refractivity (Wildman–Crippen MR) is 261 cm³/mol. The van der Waals surface area contributed by atoms with Crippen LogP contribution in [0.1, 0.15) is 11.1 Å². The molecule has 4 aromatic carbocycles. The average molecular weight is 1040 g/mol. The molecule has 2 aliphatic rings. The van der Waals surface area contributed by atoms with E-state index >= 15 is 0 Å². The van der Waals surface area contributed by atoms with Crippen molar-refractivity contribution in [2.45, 2.75) is 19.6 Å². The van der Waals surface area contributed by atoms with Crippen LogP contribution >= 0.6 is 12.0 Å². The summed E-state index contributed by atoms with van der Waals surface area (Å²) in [5, 5.41) is 42.2. The number of benzene rings is 4. The molecule has 6 aromatic rings. The van der Waals surface area contributed by atoms with Crippen LogP contribution < -0.4 is 52.0 Å². The lowest BCUT2D eigenvalue weighted by atomic mass is 10.1. The standard InChI is InChI=1S/C40H44N16O10S4/c41-68(58,59)31-11-7-27(8-12-31)45-35-49-37(53-39(51-35)55-19-15-43-16-20-55)47-29-5-3-25(33(23-29)67-66-65-57)1-2-26-4-6-30(24-34(26)70(62,63)64)48-38-50-36(52-40(54-38)56-21-17-44-18-22-56)46-28-9-13-32(14-10-28)69(42,60)61/h1-14,23-24,43-44,57H,15-22H2,(H2,41,58,59)(H2,42,60,61)(H,62,63,64)(H2,45,47,49,51,53)(H2,46,48,50,52,54). The maximum Gasteiger partial charge on any atom is 0.295 e. The lowest BCUT2D eigenvalue weighted by Crippen LogP contribution is -2.44. The van der Waals surface area contributed by atoms with Gasteiger partial charge in [-0.3, -0.25) is 4.55 Å². The fraction of sp³-hybridized carbons (Fsp3) is 0.200. The van der Waals surface area contributed by atoms with Gasteiger partial charge in [0.05, 0.1) is 21.8 Å². The number of rotatable bonds is 18. The van der Waals surface area contributed by atoms with Gasteiger partial charge in [-0.25, -0.2) is 32.4 Å². The Balaban J connectivity index is 1.05. The van der Waals surface area contributed by atoms with E-state index in [1.165, 1.54) is 66.7 Å². The van der Waals surface area contributed by atoms with Gasteiger partial charge in [-0.05, 0) is 83.9 Å². The molecule has 8 rings (SSSR count). The monoisotopic (exact) mass is 1040 g/mol. The van der Waals surface area contributed by atoms with Gasteiger partial charge in [0.25, 0.3) is 10.1 Å². The number of piperazine rings is 2. The summed E-state index contributed by atoms with van der Waals surface area (Å²) in [6, 6.07) is 20.6. The quantitative estimate of drug-likeness (QED) is 0.0194. The van der Waals surface area contributed by atoms with Crippen molar-refractivity contribution in [2.75, 3.05) is 83.4 Å². The first-order valence-corrected chi connectivity index (χ1v) is 26.1. The largest absolute Gasteiger partial charge is 0.338 e. The first kappa shape index (κ1) is 49.7. The molecule has 2 saturated heterocycles. The van der Waals surface area contributed by atoms with Crippen LogP contribution in [0, 0.1) is 0 Å². The molecule has 0 amide bonds. The summed E-state index contributed by atoms with van der Waals surface area (Å²) in [6.45, 7) is 5.15. The van der Waals surface area contributed by atoms with Gasteiger partial charge in [0.1, 0.15) is 4.90 Å². The third-order valence-corrected chi connectivity index (χ3v) is 13.8. The molecule has 0 atom stereocenters. The molecule has 26 nitrogen and oxygen atoms in total. The molecule has 30 heteroatoms. The maximum atomic E-state index is 12.9. The van der Waals surface area contributed by atoms with Crippen molar-refractivity contribution in [3.05, 3.63) is 96.1 Å². The van der Waals surface area contributed by atoms with Gasteiger partial charge in [0.15, 0.2) is 0 Å². The minimum absolute atomic E-state index is 0.0278. The van der Waals surface area contributed by atoms with E-state index in [1.54, 1.807) is 30.3 Å². The Bertz CT molecular complexity index is 3220. The highest BCUT2D eigenvalue weighted by molar-refractivity contribution is 7.94. The Kier molecular flexibility index (Phi) is 15.3. The predicted octanol–water partition coefficient (Wildman–Crippen LogP) is 2.99. The van der Waals surface area contributed by atoms with Crippen LogP contribution in [0.15, 0.2) is 105 Å². The Hall–Kier alpha value is -6.68. The van der Waals surface area contributed by atoms with E-state index in [1.807, 2.05) is 9.80 Å². The van der Waals surface area contributed by atoms with Crippen molar-refractivity contribution in [1.82, 2.24) is 40.5 Å². The molecular formula is C40H44N16O10S4. The Morgan fingerprint density at radius 2 is 0.943 bits per heavy atom. The first-order valence-electron chi connectivity index (χ1n) is 20.8. The minimum Gasteiger partial charge on any atom is -0.338 e. The van der Waals surface area contributed by atoms with Crippen LogP contribution in [0.3, 0.4) is 0 Å². The maximum absolute atomic E-state index is 12.9. The van der Waals surface area contributed by atoms with E-state index < -0.39 is 35.1 Å². The molecule has 0 aliphatic carbocycles. The van der Waals surface area contributed by atoms with Crippen LogP contribution in [0.2, 0.25) is 0 Å². The second-order valence-corrected chi connectivity index (χ2v) is 20.5. The molecule has 0 radical (unpaired) electrons. The van der Waals surface area contributed by atoms with Crippen LogP contribution in [-0.2, 0) is 39.5 Å². The van der Waals surface area contributed by atoms with Gasteiger partial charge in [0, 0.05) is 80.0 Å². The van der Waals surface area contributed by atoms with E-state index in [0.29, 0.717) is 104 Å². The molecule has 70 heavy (non-hydrogen) atoms. The zero-order chi connectivity index (χ0) is 49.5. The minimum atomic E-state index is -4.83. The van der Waals surface area contributed by atoms with E-state index in [-0.39, 0.29) is 44.8 Å². The molecule has 2 aromatic heterocycles. The van der Waals surface area contributed by atoms with Crippen molar-refractivity contribution in [3.8, 4) is 0 Å². The molecule has 0 spiro atoms. The summed E-state index contributed by atoms with van der Waals surface area (Å²) in [6.07, 6.45) is 3.00. The molecule has 0 bridgehead atoms. The third-order valence-electron chi connectivity index (χ3n) is 10.3. The lowest BCUT2D eigenvalue weighted by Gasteiger charge is -2.27. The van der Waals surface area contributed by atoms with Gasteiger partial charge >= 0.3 is 0 Å². The topological polar surface area (TPSA) is 369 Å². The van der Waals surface area contributed by atoms with Crippen molar-refractivity contribution >= 4 is 113 Å². The van der Waals surface area contributed by atoms with Gasteiger partial charge in [-0.1, -0.05) is 29.3 Å². The fourth-order valence-corrected chi connectivity index (χ4v) is 9.22. The summed E-state index contributed by atoms with van der Waals surface area (Å²) in [7, 11) is -12.7. The summed E-state index contributed by atoms with van der Waals surface area (Å²) >= 11 is 0.635. The highest BCUT2D eigenvalue weighted by Gasteiger charge is 2.21. The van der Waals surface area contributed by atoms with Crippen molar-refractivity contribution in [1.29, 1.82) is 0 Å². The molecule has 4 heterocycles. The summed E-state index contributed by atoms with van der Waals surface area (Å²) in [4.78, 5) is 31.0. The first-order chi connectivity index (χ1) is 33.5. The lowest BCUT2D eigenvalue weighted by molar-refractivity contribution is -0.432. The Morgan fingerprint density at radius 3 is 1.36 bits per heavy atom. The summed E-state index contributed by atoms with van der Waals surface area (Å²) in [5.74, 6) is 1.09. The molecule has 2 aliphatic heterocycles. The molecule has 2 fully saturated rings. The van der Waals surface area contributed by atoms with Crippen LogP contribution in [0.5, 0.6) is 0 Å². The average Bonchev–Trinajstić information content (AvgIpc) is 3.33. The van der Waals surface area contributed by atoms with Crippen molar-refractivity contribution in [3.63, 3.8) is 0 Å². The zero-order valence-electron chi connectivity index (χ0n) is 36.4. The highest BCUT2D eigenvalue weighted by Crippen LogP contribution is 2.32. The third kappa shape index (κ3) is 13.1. The summed E-state index contributed by atoms with van der Waals surface area (Å²) in [5.41, 5.74) is 2.14. The normalized spacial score (nSPS) is 14.7. The molecule has 0 unspecified atom stereocenters. The molecule has 0 saturated carbocycles. The fourth-order valence-electron chi connectivity index (χ4n) is 6.96. The molecule has 12 N–H and O–H groups in total. The van der Waals surface area contributed by atoms with Gasteiger partial charge < -0.3 is 41.7 Å². The number of anilines is 10. The number of primary sulfonamides is 2. The number of nitrogens with zero attached hydrogens (tertiary/aromatic N) is 8. The Labute approximate surface area is 405 Å². The number of hydrogen-bond acceptors (Lipinski definition) is 24. The van der Waals surface area contributed by atoms with E-state index in [0.717, 1.165) is 0 Å². The highest BCUT2D eigenvalue weighted by atomic mass is 32.2. The number of sulfonamides is 2. The number of aromatic nitrogens is 6. The summed E-state index contributed by atoms with van der Waals surface area (Å²) < 4.78 is 88.1. The number of nitrogens with two attached hydrogens (primary N) is 2. The SMILES string of the molecule is NS(=O)(=O)c1ccc(Nc2nc(Nc3ccc(C=Cc4ccc(Nc5nc(Nc6ccc(S(N)(=O)=O)cc6)nc(N6CCNCC6)n5)cc4S(=O)(=O)O)c(SOOO)c3)nc(N3CCNCC3)n2)cc1. The number of hydrogen-bond donors (Lipinski definition) is 10. The smallest absolute Gasteiger partial charge is 0.295 e. The van der Waals surface area contributed by atoms with E-state index in [9.17, 15) is 29.8 Å². The van der Waals surface area contributed by atoms with Crippen molar-refractivity contribution in [2.24, 2.45) is 10.3 Å². The van der Waals surface area contributed by atoms with Crippen LogP contribution in [0.25, 0.3) is 12.2 Å². The van der Waals surface area contributed by atoms with E-state index in [2.05, 4.69) is 66.8 Å². The van der Waals surface area contributed by atoms with E-state index in [4.69, 9.17) is 19.9 Å². The molecule has 368 valence electrons. The van der Waals surface area contributed by atoms with Gasteiger partial charge in [-0.2, -0.15) is 38.3 Å². The number of nitrogens with one attached hydrogen (secondary N) is 6. The zero-order valence-corrected chi connectivity index (χ0v) is 39.7. The Morgan fingerprint density at radius 1 is 0.557 bits per heavy atom. The van der Waals surface area contributed by atoms with Gasteiger partial charge in [-0.15, -0.1) is 4.33 Å². The molecular weight excluding hydrogens is 993 g/mol. The second kappa shape index (κ2) is 21.5. The van der Waals surface area contributed by atoms with Crippen molar-refractivity contribution < 1.29 is 44.4 Å². The van der Waals surface area contributed by atoms with Crippen LogP contribution in [-0.4, -0.2) is 117 Å². The van der Waals surface area contributed by atoms with Gasteiger partial charge in [0.2, 0.25) is 55.7 Å². The van der Waals surface area contributed by atoms with Crippen LogP contribution in [0.4, 0.5) is 58.4 Å².